The molecule has 0 bridgehead atoms. The van der Waals surface area contributed by atoms with Crippen LogP contribution in [0.4, 0.5) is 0 Å². The summed E-state index contributed by atoms with van der Waals surface area (Å²) in [5, 5.41) is 3.44. The number of carbonyl (C=O) groups is 1. The van der Waals surface area contributed by atoms with Gasteiger partial charge in [-0.1, -0.05) is 13.8 Å². The summed E-state index contributed by atoms with van der Waals surface area (Å²) < 4.78 is 0. The quantitative estimate of drug-likeness (QED) is 0.657. The number of nitrogens with zero attached hydrogens (tertiary/aromatic N) is 2. The summed E-state index contributed by atoms with van der Waals surface area (Å²) >= 11 is 5.02. The van der Waals surface area contributed by atoms with Gasteiger partial charge in [-0.2, -0.15) is 0 Å². The lowest BCUT2D eigenvalue weighted by molar-refractivity contribution is -0.124. The zero-order valence-electron chi connectivity index (χ0n) is 8.75. The molecule has 0 spiro atoms. The highest BCUT2D eigenvalue weighted by Crippen LogP contribution is 1.99. The van der Waals surface area contributed by atoms with Gasteiger partial charge in [0.15, 0.2) is 5.11 Å². The fourth-order valence-corrected chi connectivity index (χ4v) is 1.73. The molecule has 0 radical (unpaired) electrons. The topological polar surface area (TPSA) is 35.6 Å². The highest BCUT2D eigenvalue weighted by Gasteiger charge is 2.24. The van der Waals surface area contributed by atoms with E-state index in [1.165, 1.54) is 0 Å². The zero-order chi connectivity index (χ0) is 10.6. The van der Waals surface area contributed by atoms with E-state index in [2.05, 4.69) is 24.1 Å². The first-order valence-electron chi connectivity index (χ1n) is 4.99. The lowest BCUT2D eigenvalue weighted by Crippen LogP contribution is -2.38. The minimum Gasteiger partial charge on any atom is -0.353 e. The summed E-state index contributed by atoms with van der Waals surface area (Å²) in [4.78, 5) is 15.2. The predicted octanol–water partition coefficient (Wildman–Crippen LogP) is 0.0449. The van der Waals surface area contributed by atoms with Gasteiger partial charge in [0, 0.05) is 13.1 Å². The average Bonchev–Trinajstić information content (AvgIpc) is 2.50. The van der Waals surface area contributed by atoms with Gasteiger partial charge in [-0.3, -0.25) is 9.69 Å². The standard InChI is InChI=1S/C9H17N3OS/c1-3-11(4-2)5-6-12-8(13)7-10-9(12)14/h3-7H2,1-2H3,(H,10,14). The Morgan fingerprint density at radius 3 is 2.57 bits per heavy atom. The third kappa shape index (κ3) is 2.65. The van der Waals surface area contributed by atoms with E-state index >= 15 is 0 Å². The Morgan fingerprint density at radius 2 is 2.14 bits per heavy atom. The number of hydrogen-bond acceptors (Lipinski definition) is 3. The minimum absolute atomic E-state index is 0.0853. The fourth-order valence-electron chi connectivity index (χ4n) is 1.46. The maximum Gasteiger partial charge on any atom is 0.248 e. The highest BCUT2D eigenvalue weighted by molar-refractivity contribution is 7.80. The van der Waals surface area contributed by atoms with Crippen LogP contribution >= 0.6 is 12.2 Å². The maximum absolute atomic E-state index is 11.3. The molecule has 5 heteroatoms. The molecule has 0 unspecified atom stereocenters. The molecule has 0 saturated carbocycles. The molecular weight excluding hydrogens is 198 g/mol. The number of carbonyl (C=O) groups excluding carboxylic acids is 1. The number of rotatable bonds is 5. The molecule has 0 aliphatic carbocycles. The zero-order valence-corrected chi connectivity index (χ0v) is 9.56. The summed E-state index contributed by atoms with van der Waals surface area (Å²) in [6.07, 6.45) is 0. The van der Waals surface area contributed by atoms with Gasteiger partial charge >= 0.3 is 0 Å². The molecule has 0 aromatic rings. The fraction of sp³-hybridized carbons (Fsp3) is 0.778. The van der Waals surface area contributed by atoms with Gasteiger partial charge in [-0.15, -0.1) is 0 Å². The number of likely N-dealkylation sites (N-methyl/N-ethyl adjacent to an activating group) is 1. The minimum atomic E-state index is 0.0853. The van der Waals surface area contributed by atoms with Crippen LogP contribution in [-0.2, 0) is 4.79 Å². The molecule has 0 aromatic carbocycles. The average molecular weight is 215 g/mol. The first-order valence-corrected chi connectivity index (χ1v) is 5.40. The van der Waals surface area contributed by atoms with E-state index in [0.29, 0.717) is 18.2 Å². The van der Waals surface area contributed by atoms with Gasteiger partial charge in [0.2, 0.25) is 5.91 Å². The third-order valence-electron chi connectivity index (χ3n) is 2.47. The highest BCUT2D eigenvalue weighted by atomic mass is 32.1. The Balaban J connectivity index is 2.36. The van der Waals surface area contributed by atoms with E-state index in [1.807, 2.05) is 0 Å². The molecule has 0 aromatic heterocycles. The van der Waals surface area contributed by atoms with Crippen molar-refractivity contribution < 1.29 is 4.79 Å². The Hall–Kier alpha value is -0.680. The monoisotopic (exact) mass is 215 g/mol. The normalized spacial score (nSPS) is 16.6. The largest absolute Gasteiger partial charge is 0.353 e. The number of nitrogens with one attached hydrogen (secondary N) is 1. The molecule has 1 saturated heterocycles. The van der Waals surface area contributed by atoms with Crippen molar-refractivity contribution in [3.8, 4) is 0 Å². The summed E-state index contributed by atoms with van der Waals surface area (Å²) in [6, 6.07) is 0. The van der Waals surface area contributed by atoms with E-state index in [1.54, 1.807) is 4.90 Å². The summed E-state index contributed by atoms with van der Waals surface area (Å²) in [5.41, 5.74) is 0. The first-order chi connectivity index (χ1) is 6.69. The molecule has 1 heterocycles. The molecule has 1 aliphatic rings. The number of thiocarbonyl (C=S) groups is 1. The van der Waals surface area contributed by atoms with Crippen molar-refractivity contribution in [3.63, 3.8) is 0 Å². The van der Waals surface area contributed by atoms with Gasteiger partial charge in [0.05, 0.1) is 6.54 Å². The lowest BCUT2D eigenvalue weighted by Gasteiger charge is -2.21. The van der Waals surface area contributed by atoms with Crippen LogP contribution in [0.1, 0.15) is 13.8 Å². The van der Waals surface area contributed by atoms with E-state index in [4.69, 9.17) is 12.2 Å². The van der Waals surface area contributed by atoms with Gasteiger partial charge in [-0.05, 0) is 25.3 Å². The van der Waals surface area contributed by atoms with Crippen LogP contribution in [0.25, 0.3) is 0 Å². The van der Waals surface area contributed by atoms with Gasteiger partial charge in [0.25, 0.3) is 0 Å². The van der Waals surface area contributed by atoms with Gasteiger partial charge in [0.1, 0.15) is 0 Å². The summed E-state index contributed by atoms with van der Waals surface area (Å²) in [7, 11) is 0. The second kappa shape index (κ2) is 5.26. The van der Waals surface area contributed by atoms with Crippen molar-refractivity contribution >= 4 is 23.2 Å². The SMILES string of the molecule is CCN(CC)CCN1C(=O)CNC1=S. The Morgan fingerprint density at radius 1 is 1.50 bits per heavy atom. The van der Waals surface area contributed by atoms with Crippen LogP contribution in [0, 0.1) is 0 Å². The molecular formula is C9H17N3OS. The van der Waals surface area contributed by atoms with E-state index < -0.39 is 0 Å². The summed E-state index contributed by atoms with van der Waals surface area (Å²) in [5.74, 6) is 0.0853. The first kappa shape index (κ1) is 11.4. The van der Waals surface area contributed by atoms with Crippen LogP contribution in [0.5, 0.6) is 0 Å². The van der Waals surface area contributed by atoms with Crippen molar-refractivity contribution in [2.75, 3.05) is 32.7 Å². The molecule has 1 N–H and O–H groups in total. The van der Waals surface area contributed by atoms with Gasteiger partial charge in [-0.25, -0.2) is 0 Å². The van der Waals surface area contributed by atoms with Crippen molar-refractivity contribution in [1.29, 1.82) is 0 Å². The van der Waals surface area contributed by atoms with E-state index in [0.717, 1.165) is 19.6 Å². The Bertz CT molecular complexity index is 212. The van der Waals surface area contributed by atoms with Crippen LogP contribution < -0.4 is 5.32 Å². The van der Waals surface area contributed by atoms with Crippen molar-refractivity contribution in [2.45, 2.75) is 13.8 Å². The second-order valence-electron chi connectivity index (χ2n) is 3.23. The molecule has 80 valence electrons. The molecule has 1 amide bonds. The van der Waals surface area contributed by atoms with E-state index in [9.17, 15) is 4.79 Å². The van der Waals surface area contributed by atoms with Gasteiger partial charge < -0.3 is 10.2 Å². The Kier molecular flexibility index (Phi) is 4.28. The smallest absolute Gasteiger partial charge is 0.248 e. The van der Waals surface area contributed by atoms with Crippen LogP contribution in [0.15, 0.2) is 0 Å². The van der Waals surface area contributed by atoms with E-state index in [-0.39, 0.29) is 5.91 Å². The number of hydrogen-bond donors (Lipinski definition) is 1. The van der Waals surface area contributed by atoms with Crippen LogP contribution in [-0.4, -0.2) is 53.5 Å². The van der Waals surface area contributed by atoms with Crippen molar-refractivity contribution in [1.82, 2.24) is 15.1 Å². The van der Waals surface area contributed by atoms with Crippen LogP contribution in [0.3, 0.4) is 0 Å². The molecule has 4 nitrogen and oxygen atoms in total. The molecule has 14 heavy (non-hydrogen) atoms. The summed E-state index contributed by atoms with van der Waals surface area (Å²) in [6.45, 7) is 8.21. The van der Waals surface area contributed by atoms with Crippen LogP contribution in [0.2, 0.25) is 0 Å². The molecule has 1 rings (SSSR count). The molecule has 0 atom stereocenters. The lowest BCUT2D eigenvalue weighted by atomic mass is 10.4. The molecule has 1 aliphatic heterocycles. The molecule has 1 fully saturated rings. The predicted molar refractivity (Wildman–Crippen MR) is 60.1 cm³/mol. The van der Waals surface area contributed by atoms with Crippen molar-refractivity contribution in [3.05, 3.63) is 0 Å². The maximum atomic E-state index is 11.3. The third-order valence-corrected chi connectivity index (χ3v) is 2.84. The number of amides is 1. The Labute approximate surface area is 90.2 Å². The van der Waals surface area contributed by atoms with Crippen molar-refractivity contribution in [2.24, 2.45) is 0 Å². The second-order valence-corrected chi connectivity index (χ2v) is 3.62.